The van der Waals surface area contributed by atoms with Crippen LogP contribution in [0.2, 0.25) is 0 Å². The largest absolute Gasteiger partial charge is 0.478 e. The van der Waals surface area contributed by atoms with Crippen LogP contribution in [-0.4, -0.2) is 24.2 Å². The lowest BCUT2D eigenvalue weighted by atomic mass is 9.99. The van der Waals surface area contributed by atoms with E-state index in [2.05, 4.69) is 11.4 Å². The molecule has 1 aliphatic heterocycles. The molecule has 0 fully saturated rings. The molecule has 0 amide bonds. The van der Waals surface area contributed by atoms with Gasteiger partial charge in [-0.15, -0.1) is 0 Å². The molecule has 1 aromatic rings. The third kappa shape index (κ3) is 2.25. The molecule has 0 saturated carbocycles. The Kier molecular flexibility index (Phi) is 2.83. The average molecular weight is 203 g/mol. The second-order valence-corrected chi connectivity index (χ2v) is 3.57. The van der Waals surface area contributed by atoms with Crippen LogP contribution in [0.3, 0.4) is 0 Å². The van der Waals surface area contributed by atoms with Gasteiger partial charge < -0.3 is 10.4 Å². The quantitative estimate of drug-likeness (QED) is 0.770. The number of benzene rings is 1. The van der Waals surface area contributed by atoms with Crippen molar-refractivity contribution in [2.24, 2.45) is 0 Å². The molecular formula is C12H13NO2. The molecule has 0 bridgehead atoms. The van der Waals surface area contributed by atoms with E-state index >= 15 is 0 Å². The van der Waals surface area contributed by atoms with Crippen LogP contribution in [0.1, 0.15) is 22.3 Å². The Bertz CT molecular complexity index is 393. The maximum Gasteiger partial charge on any atom is 0.335 e. The Morgan fingerprint density at radius 3 is 2.53 bits per heavy atom. The van der Waals surface area contributed by atoms with Gasteiger partial charge in [0.15, 0.2) is 0 Å². The van der Waals surface area contributed by atoms with Crippen molar-refractivity contribution in [2.75, 3.05) is 13.1 Å². The highest BCUT2D eigenvalue weighted by Gasteiger charge is 2.07. The van der Waals surface area contributed by atoms with Crippen LogP contribution in [-0.2, 0) is 0 Å². The van der Waals surface area contributed by atoms with Crippen molar-refractivity contribution in [3.63, 3.8) is 0 Å². The second-order valence-electron chi connectivity index (χ2n) is 3.57. The van der Waals surface area contributed by atoms with E-state index in [1.165, 1.54) is 5.57 Å². The Morgan fingerprint density at radius 2 is 2.00 bits per heavy atom. The fourth-order valence-corrected chi connectivity index (χ4v) is 1.71. The number of hydrogen-bond acceptors (Lipinski definition) is 2. The van der Waals surface area contributed by atoms with Crippen molar-refractivity contribution < 1.29 is 9.90 Å². The number of carboxylic acid groups (broad SMARTS) is 1. The van der Waals surface area contributed by atoms with E-state index in [1.807, 2.05) is 12.1 Å². The first kappa shape index (κ1) is 9.93. The summed E-state index contributed by atoms with van der Waals surface area (Å²) in [5.41, 5.74) is 2.76. The van der Waals surface area contributed by atoms with E-state index in [-0.39, 0.29) is 0 Å². The molecule has 0 radical (unpaired) electrons. The smallest absolute Gasteiger partial charge is 0.335 e. The monoisotopic (exact) mass is 203 g/mol. The molecule has 15 heavy (non-hydrogen) atoms. The molecule has 0 spiro atoms. The summed E-state index contributed by atoms with van der Waals surface area (Å²) in [6.07, 6.45) is 3.16. The molecule has 3 nitrogen and oxygen atoms in total. The molecule has 0 atom stereocenters. The lowest BCUT2D eigenvalue weighted by Gasteiger charge is -2.14. The zero-order chi connectivity index (χ0) is 10.7. The molecular weight excluding hydrogens is 190 g/mol. The summed E-state index contributed by atoms with van der Waals surface area (Å²) in [6.45, 7) is 1.89. The normalized spacial score (nSPS) is 15.9. The Balaban J connectivity index is 2.23. The summed E-state index contributed by atoms with van der Waals surface area (Å²) in [6, 6.07) is 7.06. The van der Waals surface area contributed by atoms with Crippen molar-refractivity contribution in [2.45, 2.75) is 6.42 Å². The van der Waals surface area contributed by atoms with Crippen LogP contribution >= 0.6 is 0 Å². The molecule has 1 aliphatic rings. The number of carbonyl (C=O) groups is 1. The summed E-state index contributed by atoms with van der Waals surface area (Å²) in [5.74, 6) is -0.874. The third-order valence-electron chi connectivity index (χ3n) is 2.57. The predicted octanol–water partition coefficient (Wildman–Crippen LogP) is 1.76. The maximum atomic E-state index is 10.7. The average Bonchev–Trinajstić information content (AvgIpc) is 2.30. The molecule has 0 unspecified atom stereocenters. The molecule has 1 heterocycles. The van der Waals surface area contributed by atoms with Crippen LogP contribution in [0.4, 0.5) is 0 Å². The number of carboxylic acids is 1. The van der Waals surface area contributed by atoms with Crippen molar-refractivity contribution in [1.29, 1.82) is 0 Å². The van der Waals surface area contributed by atoms with E-state index in [4.69, 9.17) is 5.11 Å². The van der Waals surface area contributed by atoms with Crippen LogP contribution in [0.25, 0.3) is 5.57 Å². The molecule has 2 rings (SSSR count). The lowest BCUT2D eigenvalue weighted by molar-refractivity contribution is 0.0697. The maximum absolute atomic E-state index is 10.7. The van der Waals surface area contributed by atoms with Crippen LogP contribution in [0.5, 0.6) is 0 Å². The van der Waals surface area contributed by atoms with Crippen molar-refractivity contribution in [1.82, 2.24) is 5.32 Å². The summed E-state index contributed by atoms with van der Waals surface area (Å²) in [4.78, 5) is 10.7. The molecule has 3 heteroatoms. The molecule has 0 aliphatic carbocycles. The molecule has 2 N–H and O–H groups in total. The predicted molar refractivity (Wildman–Crippen MR) is 58.9 cm³/mol. The van der Waals surface area contributed by atoms with Crippen molar-refractivity contribution in [3.8, 4) is 0 Å². The van der Waals surface area contributed by atoms with E-state index < -0.39 is 5.97 Å². The van der Waals surface area contributed by atoms with Crippen molar-refractivity contribution in [3.05, 3.63) is 41.5 Å². The van der Waals surface area contributed by atoms with Gasteiger partial charge in [0.1, 0.15) is 0 Å². The van der Waals surface area contributed by atoms with Gasteiger partial charge in [-0.25, -0.2) is 4.79 Å². The molecule has 0 saturated heterocycles. The highest BCUT2D eigenvalue weighted by Crippen LogP contribution is 2.19. The number of nitrogens with one attached hydrogen (secondary N) is 1. The lowest BCUT2D eigenvalue weighted by Crippen LogP contribution is -2.20. The first-order chi connectivity index (χ1) is 7.27. The highest BCUT2D eigenvalue weighted by atomic mass is 16.4. The van der Waals surface area contributed by atoms with E-state index in [9.17, 15) is 4.79 Å². The van der Waals surface area contributed by atoms with Crippen molar-refractivity contribution >= 4 is 11.5 Å². The Hall–Kier alpha value is -1.61. The summed E-state index contributed by atoms with van der Waals surface area (Å²) in [7, 11) is 0. The van der Waals surface area contributed by atoms with E-state index in [0.29, 0.717) is 5.56 Å². The number of rotatable bonds is 2. The molecule has 78 valence electrons. The van der Waals surface area contributed by atoms with Gasteiger partial charge >= 0.3 is 5.97 Å². The van der Waals surface area contributed by atoms with Gasteiger partial charge in [-0.05, 0) is 36.2 Å². The third-order valence-corrected chi connectivity index (χ3v) is 2.57. The molecule has 0 aromatic heterocycles. The fourth-order valence-electron chi connectivity index (χ4n) is 1.71. The van der Waals surface area contributed by atoms with Crippen LogP contribution in [0, 0.1) is 0 Å². The zero-order valence-electron chi connectivity index (χ0n) is 8.36. The minimum Gasteiger partial charge on any atom is -0.478 e. The van der Waals surface area contributed by atoms with Gasteiger partial charge in [0.2, 0.25) is 0 Å². The number of aromatic carboxylic acids is 1. The minimum absolute atomic E-state index is 0.341. The highest BCUT2D eigenvalue weighted by molar-refractivity contribution is 5.88. The zero-order valence-corrected chi connectivity index (χ0v) is 8.36. The Morgan fingerprint density at radius 1 is 1.27 bits per heavy atom. The fraction of sp³-hybridized carbons (Fsp3) is 0.250. The summed E-state index contributed by atoms with van der Waals surface area (Å²) < 4.78 is 0. The summed E-state index contributed by atoms with van der Waals surface area (Å²) in [5, 5.41) is 12.0. The van der Waals surface area contributed by atoms with Crippen LogP contribution < -0.4 is 5.32 Å². The van der Waals surface area contributed by atoms with Gasteiger partial charge in [0.05, 0.1) is 5.56 Å². The van der Waals surface area contributed by atoms with Gasteiger partial charge in [-0.2, -0.15) is 0 Å². The first-order valence-electron chi connectivity index (χ1n) is 5.01. The first-order valence-corrected chi connectivity index (χ1v) is 5.01. The molecule has 1 aromatic carbocycles. The van der Waals surface area contributed by atoms with Gasteiger partial charge in [0, 0.05) is 6.54 Å². The van der Waals surface area contributed by atoms with E-state index in [1.54, 1.807) is 12.1 Å². The van der Waals surface area contributed by atoms with Crippen LogP contribution in [0.15, 0.2) is 30.3 Å². The SMILES string of the molecule is O=C(O)c1ccc(C2=CCNCC2)cc1. The minimum atomic E-state index is -0.874. The van der Waals surface area contributed by atoms with Gasteiger partial charge in [-0.1, -0.05) is 18.2 Å². The summed E-state index contributed by atoms with van der Waals surface area (Å²) >= 11 is 0. The van der Waals surface area contributed by atoms with Gasteiger partial charge in [0.25, 0.3) is 0 Å². The topological polar surface area (TPSA) is 49.3 Å². The Labute approximate surface area is 88.4 Å². The van der Waals surface area contributed by atoms with Gasteiger partial charge in [-0.3, -0.25) is 0 Å². The number of hydrogen-bond donors (Lipinski definition) is 2. The second kappa shape index (κ2) is 4.28. The standard InChI is InChI=1S/C12H13NO2/c14-12(15)11-3-1-9(2-4-11)10-5-7-13-8-6-10/h1-5,13H,6-8H2,(H,14,15). The van der Waals surface area contributed by atoms with E-state index in [0.717, 1.165) is 25.1 Å².